The normalized spacial score (nSPS) is 27.0. The maximum absolute atomic E-state index is 9.03. The fourth-order valence-electron chi connectivity index (χ4n) is 2.91. The van der Waals surface area contributed by atoms with Crippen LogP contribution < -0.4 is 0 Å². The number of hydrogen-bond donors (Lipinski definition) is 0. The third-order valence-corrected chi connectivity index (χ3v) is 3.51. The highest BCUT2D eigenvalue weighted by Gasteiger charge is 2.37. The minimum absolute atomic E-state index is 0.519. The first kappa shape index (κ1) is 7.82. The van der Waals surface area contributed by atoms with Gasteiger partial charge in [-0.05, 0) is 30.5 Å². The van der Waals surface area contributed by atoms with Crippen molar-refractivity contribution in [1.82, 2.24) is 0 Å². The van der Waals surface area contributed by atoms with Crippen molar-refractivity contribution in [2.24, 2.45) is 0 Å². The molecule has 0 heterocycles. The number of allylic oxidation sites excluding steroid dienone is 2. The van der Waals surface area contributed by atoms with Gasteiger partial charge < -0.3 is 0 Å². The second-order valence-corrected chi connectivity index (χ2v) is 4.23. The molecule has 0 fully saturated rings. The average Bonchev–Trinajstić information content (AvgIpc) is 2.74. The van der Waals surface area contributed by atoms with Crippen molar-refractivity contribution in [3.63, 3.8) is 0 Å². The molecular formula is C13H11N. The van der Waals surface area contributed by atoms with Gasteiger partial charge >= 0.3 is 0 Å². The molecule has 0 saturated carbocycles. The molecule has 0 unspecified atom stereocenters. The first-order chi connectivity index (χ1) is 6.81. The van der Waals surface area contributed by atoms with Gasteiger partial charge in [0, 0.05) is 11.8 Å². The van der Waals surface area contributed by atoms with Crippen LogP contribution in [0, 0.1) is 11.3 Å². The van der Waals surface area contributed by atoms with Crippen LogP contribution in [0.3, 0.4) is 0 Å². The SMILES string of the molecule is CC1=C[C@H]2C[C@H]1c1cccc(C#N)c12. The molecule has 0 aliphatic heterocycles. The standard InChI is InChI=1S/C13H11N/c1-8-5-10-6-12(8)11-4-2-3-9(7-14)13(10)11/h2-5,10,12H,6H2,1H3/t10-,12+/m0/s1. The lowest BCUT2D eigenvalue weighted by molar-refractivity contribution is 0.784. The minimum atomic E-state index is 0.519. The summed E-state index contributed by atoms with van der Waals surface area (Å²) in [7, 11) is 0. The number of nitriles is 1. The Morgan fingerprint density at radius 1 is 1.43 bits per heavy atom. The molecule has 0 saturated heterocycles. The van der Waals surface area contributed by atoms with Crippen molar-refractivity contribution < 1.29 is 0 Å². The quantitative estimate of drug-likeness (QED) is 0.564. The summed E-state index contributed by atoms with van der Waals surface area (Å²) >= 11 is 0. The average molecular weight is 181 g/mol. The summed E-state index contributed by atoms with van der Waals surface area (Å²) in [6, 6.07) is 8.41. The van der Waals surface area contributed by atoms with Crippen LogP contribution in [0.4, 0.5) is 0 Å². The highest BCUT2D eigenvalue weighted by Crippen LogP contribution is 2.52. The van der Waals surface area contributed by atoms with E-state index in [9.17, 15) is 0 Å². The van der Waals surface area contributed by atoms with Gasteiger partial charge in [-0.15, -0.1) is 0 Å². The molecule has 68 valence electrons. The van der Waals surface area contributed by atoms with Gasteiger partial charge in [-0.3, -0.25) is 0 Å². The van der Waals surface area contributed by atoms with Crippen LogP contribution in [0.5, 0.6) is 0 Å². The van der Waals surface area contributed by atoms with Gasteiger partial charge in [0.1, 0.15) is 0 Å². The molecule has 0 aromatic heterocycles. The Kier molecular flexibility index (Phi) is 1.39. The Balaban J connectivity index is 2.27. The maximum Gasteiger partial charge on any atom is 0.0994 e. The molecule has 2 aliphatic carbocycles. The highest BCUT2D eigenvalue weighted by atomic mass is 14.4. The van der Waals surface area contributed by atoms with E-state index in [2.05, 4.69) is 25.1 Å². The Bertz CT molecular complexity index is 476. The molecule has 0 radical (unpaired) electrons. The maximum atomic E-state index is 9.03. The van der Waals surface area contributed by atoms with Gasteiger partial charge in [0.2, 0.25) is 0 Å². The number of rotatable bonds is 0. The fraction of sp³-hybridized carbons (Fsp3) is 0.308. The van der Waals surface area contributed by atoms with E-state index in [0.717, 1.165) is 5.56 Å². The van der Waals surface area contributed by atoms with Gasteiger partial charge in [0.15, 0.2) is 0 Å². The summed E-state index contributed by atoms with van der Waals surface area (Å²) in [5, 5.41) is 9.03. The van der Waals surface area contributed by atoms with Gasteiger partial charge in [-0.25, -0.2) is 0 Å². The van der Waals surface area contributed by atoms with Crippen molar-refractivity contribution in [1.29, 1.82) is 5.26 Å². The summed E-state index contributed by atoms with van der Waals surface area (Å²) < 4.78 is 0. The first-order valence-electron chi connectivity index (χ1n) is 5.02. The zero-order chi connectivity index (χ0) is 9.71. The van der Waals surface area contributed by atoms with Crippen LogP contribution in [-0.2, 0) is 0 Å². The summed E-state index contributed by atoms with van der Waals surface area (Å²) in [5.41, 5.74) is 5.05. The number of hydrogen-bond acceptors (Lipinski definition) is 1. The second kappa shape index (κ2) is 2.48. The second-order valence-electron chi connectivity index (χ2n) is 4.23. The zero-order valence-corrected chi connectivity index (χ0v) is 8.12. The third-order valence-electron chi connectivity index (χ3n) is 3.51. The smallest absolute Gasteiger partial charge is 0.0994 e. The van der Waals surface area contributed by atoms with E-state index in [1.807, 2.05) is 12.1 Å². The van der Waals surface area contributed by atoms with Crippen molar-refractivity contribution >= 4 is 0 Å². The van der Waals surface area contributed by atoms with Crippen molar-refractivity contribution in [2.75, 3.05) is 0 Å². The molecule has 2 aliphatic rings. The predicted octanol–water partition coefficient (Wildman–Crippen LogP) is 3.09. The van der Waals surface area contributed by atoms with E-state index in [1.54, 1.807) is 0 Å². The van der Waals surface area contributed by atoms with Crippen molar-refractivity contribution in [3.05, 3.63) is 46.5 Å². The third kappa shape index (κ3) is 0.786. The van der Waals surface area contributed by atoms with Crippen LogP contribution in [-0.4, -0.2) is 0 Å². The van der Waals surface area contributed by atoms with Gasteiger partial charge in [-0.1, -0.05) is 23.8 Å². The van der Waals surface area contributed by atoms with Crippen molar-refractivity contribution in [3.8, 4) is 6.07 Å². The zero-order valence-electron chi connectivity index (χ0n) is 8.12. The lowest BCUT2D eigenvalue weighted by Crippen LogP contribution is -1.99. The first-order valence-corrected chi connectivity index (χ1v) is 5.02. The Labute approximate surface area is 83.7 Å². The molecule has 2 atom stereocenters. The lowest BCUT2D eigenvalue weighted by atomic mass is 9.89. The Morgan fingerprint density at radius 2 is 2.29 bits per heavy atom. The fourth-order valence-corrected chi connectivity index (χ4v) is 2.91. The van der Waals surface area contributed by atoms with Gasteiger partial charge in [-0.2, -0.15) is 5.26 Å². The van der Waals surface area contributed by atoms with E-state index in [4.69, 9.17) is 5.26 Å². The topological polar surface area (TPSA) is 23.8 Å². The van der Waals surface area contributed by atoms with Crippen LogP contribution in [0.25, 0.3) is 0 Å². The van der Waals surface area contributed by atoms with Gasteiger partial charge in [0.25, 0.3) is 0 Å². The molecular weight excluding hydrogens is 170 g/mol. The summed E-state index contributed by atoms with van der Waals surface area (Å²) in [6.07, 6.45) is 3.52. The Morgan fingerprint density at radius 3 is 3.07 bits per heavy atom. The number of nitrogens with zero attached hydrogens (tertiary/aromatic N) is 1. The molecule has 1 nitrogen and oxygen atoms in total. The van der Waals surface area contributed by atoms with E-state index in [1.165, 1.54) is 23.1 Å². The van der Waals surface area contributed by atoms with E-state index < -0.39 is 0 Å². The molecule has 2 bridgehead atoms. The van der Waals surface area contributed by atoms with Crippen LogP contribution in [0.1, 0.15) is 41.9 Å². The predicted molar refractivity (Wildman–Crippen MR) is 55.0 cm³/mol. The highest BCUT2D eigenvalue weighted by molar-refractivity contribution is 5.57. The summed E-state index contributed by atoms with van der Waals surface area (Å²) in [6.45, 7) is 2.20. The molecule has 3 rings (SSSR count). The molecule has 14 heavy (non-hydrogen) atoms. The largest absolute Gasteiger partial charge is 0.192 e. The summed E-state index contributed by atoms with van der Waals surface area (Å²) in [5.74, 6) is 1.12. The van der Waals surface area contributed by atoms with Crippen LogP contribution in [0.2, 0.25) is 0 Å². The molecule has 0 spiro atoms. The van der Waals surface area contributed by atoms with Crippen LogP contribution >= 0.6 is 0 Å². The van der Waals surface area contributed by atoms with E-state index in [-0.39, 0.29) is 0 Å². The Hall–Kier alpha value is -1.55. The molecule has 1 aromatic rings. The van der Waals surface area contributed by atoms with E-state index >= 15 is 0 Å². The van der Waals surface area contributed by atoms with E-state index in [0.29, 0.717) is 11.8 Å². The molecule has 1 aromatic carbocycles. The number of benzene rings is 1. The molecule has 0 amide bonds. The number of fused-ring (bicyclic) bond motifs is 5. The van der Waals surface area contributed by atoms with Crippen LogP contribution in [0.15, 0.2) is 29.8 Å². The van der Waals surface area contributed by atoms with Gasteiger partial charge in [0.05, 0.1) is 11.6 Å². The monoisotopic (exact) mass is 181 g/mol. The summed E-state index contributed by atoms with van der Waals surface area (Å²) in [4.78, 5) is 0. The molecule has 1 heteroatoms. The minimum Gasteiger partial charge on any atom is -0.192 e. The lowest BCUT2D eigenvalue weighted by Gasteiger charge is -2.14. The molecule has 0 N–H and O–H groups in total. The van der Waals surface area contributed by atoms with Crippen molar-refractivity contribution in [2.45, 2.75) is 25.2 Å².